The predicted octanol–water partition coefficient (Wildman–Crippen LogP) is 15.2. The van der Waals surface area contributed by atoms with Gasteiger partial charge in [0, 0.05) is 51.0 Å². The van der Waals surface area contributed by atoms with Gasteiger partial charge in [-0.25, -0.2) is 14.4 Å². The summed E-state index contributed by atoms with van der Waals surface area (Å²) in [5, 5.41) is 66.7. The lowest BCUT2D eigenvalue weighted by Crippen LogP contribution is -2.21. The average molecular weight is 1620 g/mol. The minimum atomic E-state index is -5.08. The van der Waals surface area contributed by atoms with Crippen LogP contribution in [-0.4, -0.2) is 149 Å². The van der Waals surface area contributed by atoms with E-state index in [0.717, 1.165) is 16.0 Å². The Labute approximate surface area is 631 Å². The molecule has 588 valence electrons. The second-order valence-corrected chi connectivity index (χ2v) is 23.8. The first-order valence-electron chi connectivity index (χ1n) is 30.7. The zero-order valence-electron chi connectivity index (χ0n) is 58.6. The Balaban J connectivity index is 0.000000212. The highest BCUT2D eigenvalue weighted by atomic mass is 35.5. The zero-order valence-corrected chi connectivity index (χ0v) is 60.9. The van der Waals surface area contributed by atoms with E-state index in [9.17, 15) is 79.1 Å². The third-order valence-corrected chi connectivity index (χ3v) is 16.4. The number of thiophene rings is 1. The maximum Gasteiger partial charge on any atom is 0.490 e. The van der Waals surface area contributed by atoms with Gasteiger partial charge in [-0.2, -0.15) is 39.5 Å². The molecule has 5 aromatic heterocycles. The number of hydrogen-bond donors (Lipinski definition) is 11. The number of aryl methyl sites for hydroxylation is 1. The molecule has 5 heterocycles. The number of aliphatic carboxylic acids is 3. The minimum Gasteiger partial charge on any atom is -0.503 e. The van der Waals surface area contributed by atoms with Gasteiger partial charge in [-0.15, -0.1) is 11.3 Å². The summed E-state index contributed by atoms with van der Waals surface area (Å²) in [6.07, 6.45) is -15.3. The molecule has 11 N–H and O–H groups in total. The van der Waals surface area contributed by atoms with E-state index in [2.05, 4.69) is 19.9 Å². The summed E-state index contributed by atoms with van der Waals surface area (Å²) >= 11 is 13.2. The van der Waals surface area contributed by atoms with Gasteiger partial charge in [-0.3, -0.25) is 19.2 Å². The number of aromatic hydroxyl groups is 4. The lowest BCUT2D eigenvalue weighted by Gasteiger charge is -2.11. The number of methoxy groups -OCH3 is 8. The fourth-order valence-corrected chi connectivity index (χ4v) is 10.6. The number of carboxylic acids is 3. The molecule has 0 fully saturated rings. The van der Waals surface area contributed by atoms with E-state index in [1.54, 1.807) is 97.1 Å². The largest absolute Gasteiger partial charge is 0.503 e. The standard InChI is InChI=1S/C18H17NO4.2C17H14ClNO4.C15H13NO4S.3C2HF3O2/c1-10-4-6-11(7-5-10)16-18(21)17(20)12-8-14(22-2)15(23-3)9-13(12)19-16;2*1-22-13-7-11-12(8-14(13)23-2)19-15(17(21)16(11)20)9-3-5-10(18)6-4-9;1-19-10-6-8-9(7-11(10)20-2)16-13(15(18)14(8)17)12-4-3-5-21-12;3*3-2(4,5)1(6)7/h4-9,21H,1-3H3,(H,19,20);2*3-8,21H,1-2H3,(H,19,20);3-7,18H,1-2H3,(H,16,17);3*(H,6,7). The van der Waals surface area contributed by atoms with Crippen molar-refractivity contribution in [2.75, 3.05) is 56.9 Å². The fourth-order valence-electron chi connectivity index (χ4n) is 9.60. The number of pyridine rings is 4. The van der Waals surface area contributed by atoms with Crippen LogP contribution in [0.5, 0.6) is 69.0 Å². The van der Waals surface area contributed by atoms with Crippen molar-refractivity contribution in [2.45, 2.75) is 25.5 Å². The molecular formula is C73H61Cl2F9N4O22S. The smallest absolute Gasteiger partial charge is 0.490 e. The summed E-state index contributed by atoms with van der Waals surface area (Å²) in [5.41, 5.74) is 4.97. The summed E-state index contributed by atoms with van der Waals surface area (Å²) in [6, 6.07) is 37.8. The van der Waals surface area contributed by atoms with Gasteiger partial charge >= 0.3 is 36.4 Å². The first kappa shape index (κ1) is 87.0. The highest BCUT2D eigenvalue weighted by Gasteiger charge is 2.40. The number of rotatable bonds is 12. The molecular weight excluding hydrogens is 1560 g/mol. The topological polar surface area (TPSA) is 398 Å². The number of aromatic amines is 4. The molecule has 0 aliphatic rings. The van der Waals surface area contributed by atoms with Gasteiger partial charge in [-0.1, -0.05) is 83.4 Å². The highest BCUT2D eigenvalue weighted by Crippen LogP contribution is 2.39. The van der Waals surface area contributed by atoms with E-state index in [0.29, 0.717) is 134 Å². The Morgan fingerprint density at radius 1 is 0.351 bits per heavy atom. The molecule has 0 aliphatic carbocycles. The molecule has 0 atom stereocenters. The van der Waals surface area contributed by atoms with Crippen LogP contribution in [0.25, 0.3) is 88.0 Å². The Morgan fingerprint density at radius 2 is 0.559 bits per heavy atom. The summed E-state index contributed by atoms with van der Waals surface area (Å²) in [7, 11) is 12.1. The molecule has 38 heteroatoms. The van der Waals surface area contributed by atoms with Crippen molar-refractivity contribution < 1.29 is 128 Å². The molecule has 111 heavy (non-hydrogen) atoms. The Kier molecular flexibility index (Phi) is 29.2. The Morgan fingerprint density at radius 3 is 0.766 bits per heavy atom. The van der Waals surface area contributed by atoms with Crippen LogP contribution in [0.2, 0.25) is 10.0 Å². The number of carboxylic acid groups (broad SMARTS) is 3. The molecule has 0 amide bonds. The minimum absolute atomic E-state index is 0.294. The van der Waals surface area contributed by atoms with Gasteiger partial charge in [-0.05, 0) is 66.9 Å². The van der Waals surface area contributed by atoms with E-state index in [1.165, 1.54) is 68.2 Å². The maximum absolute atomic E-state index is 12.5. The van der Waals surface area contributed by atoms with Crippen molar-refractivity contribution in [2.24, 2.45) is 0 Å². The van der Waals surface area contributed by atoms with Gasteiger partial charge < -0.3 is 93.6 Å². The predicted molar refractivity (Wildman–Crippen MR) is 393 cm³/mol. The van der Waals surface area contributed by atoms with Gasteiger partial charge in [0.1, 0.15) is 5.69 Å². The number of halogens is 11. The van der Waals surface area contributed by atoms with Crippen molar-refractivity contribution in [1.29, 1.82) is 0 Å². The molecule has 26 nitrogen and oxygen atoms in total. The molecule has 0 bridgehead atoms. The van der Waals surface area contributed by atoms with Crippen LogP contribution in [0.4, 0.5) is 39.5 Å². The molecule has 0 aliphatic heterocycles. The Hall–Kier alpha value is -13.0. The van der Waals surface area contributed by atoms with Crippen LogP contribution >= 0.6 is 34.5 Å². The monoisotopic (exact) mass is 1620 g/mol. The quantitative estimate of drug-likeness (QED) is 0.0506. The van der Waals surface area contributed by atoms with Crippen molar-refractivity contribution in [3.63, 3.8) is 0 Å². The lowest BCUT2D eigenvalue weighted by atomic mass is 10.1. The first-order valence-corrected chi connectivity index (χ1v) is 32.3. The summed E-state index contributed by atoms with van der Waals surface area (Å²) in [4.78, 5) is 89.6. The van der Waals surface area contributed by atoms with Crippen molar-refractivity contribution in [3.8, 4) is 113 Å². The van der Waals surface area contributed by atoms with Crippen molar-refractivity contribution in [3.05, 3.63) is 195 Å². The summed E-state index contributed by atoms with van der Waals surface area (Å²) in [6.45, 7) is 1.98. The molecule has 0 radical (unpaired) electrons. The van der Waals surface area contributed by atoms with E-state index < -0.39 is 58.2 Å². The van der Waals surface area contributed by atoms with E-state index in [-0.39, 0.29) is 23.0 Å². The number of nitrogens with one attached hydrogen (secondary N) is 4. The number of hydrogen-bond acceptors (Lipinski definition) is 20. The molecule has 0 spiro atoms. The average Bonchev–Trinajstić information content (AvgIpc) is 1.02. The highest BCUT2D eigenvalue weighted by molar-refractivity contribution is 7.13. The van der Waals surface area contributed by atoms with Crippen LogP contribution in [0.1, 0.15) is 5.56 Å². The van der Waals surface area contributed by atoms with E-state index in [4.69, 9.17) is 90.8 Å². The van der Waals surface area contributed by atoms with Crippen molar-refractivity contribution >= 4 is 96.1 Å². The van der Waals surface area contributed by atoms with Gasteiger partial charge in [0.05, 0.1) is 122 Å². The number of alkyl halides is 9. The maximum atomic E-state index is 12.5. The zero-order chi connectivity index (χ0) is 82.9. The fraction of sp³-hybridized carbons (Fsp3) is 0.164. The number of fused-ring (bicyclic) bond motifs is 4. The van der Waals surface area contributed by atoms with Crippen LogP contribution in [0, 0.1) is 6.92 Å². The molecule has 0 saturated heterocycles. The van der Waals surface area contributed by atoms with E-state index >= 15 is 0 Å². The van der Waals surface area contributed by atoms with Crippen LogP contribution in [-0.2, 0) is 14.4 Å². The molecule has 7 aromatic carbocycles. The molecule has 12 rings (SSSR count). The molecule has 0 saturated carbocycles. The molecule has 12 aromatic rings. The third-order valence-electron chi connectivity index (χ3n) is 15.0. The van der Waals surface area contributed by atoms with Crippen LogP contribution < -0.4 is 59.6 Å². The summed E-state index contributed by atoms with van der Waals surface area (Å²) < 4.78 is 137. The van der Waals surface area contributed by atoms with E-state index in [1.807, 2.05) is 48.7 Å². The SMILES string of the molecule is COc1cc2[nH]c(-c3ccc(C)cc3)c(O)c(=O)c2cc1OC.COc1cc2[nH]c(-c3ccc(Cl)cc3)c(O)c(=O)c2cc1OC.COc1cc2[nH]c(-c3ccc(Cl)cc3)c(O)c(=O)c2cc1OC.COc1cc2[nH]c(-c3cccs3)c(O)c(=O)c2cc1OC.O=C(O)C(F)(F)F.O=C(O)C(F)(F)F.O=C(O)C(F)(F)F. The van der Waals surface area contributed by atoms with Crippen LogP contribution in [0.3, 0.4) is 0 Å². The lowest BCUT2D eigenvalue weighted by molar-refractivity contribution is -0.193. The normalized spacial score (nSPS) is 10.8. The first-order chi connectivity index (χ1) is 52.1. The number of benzene rings is 7. The molecule has 0 unspecified atom stereocenters. The van der Waals surface area contributed by atoms with Gasteiger partial charge in [0.2, 0.25) is 21.7 Å². The second kappa shape index (κ2) is 37.2. The number of carbonyl (C=O) groups is 3. The number of aromatic nitrogens is 4. The summed E-state index contributed by atoms with van der Waals surface area (Å²) in [5.74, 6) is -5.86. The van der Waals surface area contributed by atoms with Crippen LogP contribution in [0.15, 0.2) is 158 Å². The van der Waals surface area contributed by atoms with Gasteiger partial charge in [0.15, 0.2) is 69.0 Å². The number of ether oxygens (including phenoxy) is 8. The number of H-pyrrole nitrogens is 4. The Bertz CT molecular complexity index is 5170. The third kappa shape index (κ3) is 21.5. The van der Waals surface area contributed by atoms with Gasteiger partial charge in [0.25, 0.3) is 0 Å². The van der Waals surface area contributed by atoms with Crippen molar-refractivity contribution in [1.82, 2.24) is 19.9 Å². The second-order valence-electron chi connectivity index (χ2n) is 22.0.